The van der Waals surface area contributed by atoms with Crippen molar-refractivity contribution in [2.75, 3.05) is 0 Å². The van der Waals surface area contributed by atoms with Crippen molar-refractivity contribution in [3.63, 3.8) is 0 Å². The molecule has 0 radical (unpaired) electrons. The van der Waals surface area contributed by atoms with Crippen molar-refractivity contribution in [1.82, 2.24) is 10.3 Å². The number of H-pyrrole nitrogens is 1. The van der Waals surface area contributed by atoms with Crippen LogP contribution in [0.25, 0.3) is 0 Å². The summed E-state index contributed by atoms with van der Waals surface area (Å²) in [5.41, 5.74) is 0.282. The van der Waals surface area contributed by atoms with Gasteiger partial charge in [0.1, 0.15) is 11.6 Å². The molecule has 0 saturated carbocycles. The first-order valence-corrected chi connectivity index (χ1v) is 6.12. The second-order valence-corrected chi connectivity index (χ2v) is 5.27. The highest BCUT2D eigenvalue weighted by Gasteiger charge is 2.23. The summed E-state index contributed by atoms with van der Waals surface area (Å²) in [6.07, 6.45) is 1.90. The Kier molecular flexibility index (Phi) is 4.97. The molecule has 0 aliphatic heterocycles. The zero-order valence-electron chi connectivity index (χ0n) is 11.4. The highest BCUT2D eigenvalue weighted by Crippen LogP contribution is 2.08. The van der Waals surface area contributed by atoms with E-state index in [9.17, 15) is 9.59 Å². The van der Waals surface area contributed by atoms with E-state index in [4.69, 9.17) is 9.84 Å². The maximum atomic E-state index is 11.5. The third-order valence-electron chi connectivity index (χ3n) is 2.35. The number of carboxylic acid groups (broad SMARTS) is 1. The maximum Gasteiger partial charge on any atom is 0.408 e. The van der Waals surface area contributed by atoms with Gasteiger partial charge in [-0.25, -0.2) is 9.59 Å². The highest BCUT2D eigenvalue weighted by molar-refractivity contribution is 5.79. The van der Waals surface area contributed by atoms with Crippen LogP contribution >= 0.6 is 0 Å². The molecule has 1 unspecified atom stereocenters. The largest absolute Gasteiger partial charge is 0.480 e. The van der Waals surface area contributed by atoms with Crippen LogP contribution in [0.4, 0.5) is 4.79 Å². The van der Waals surface area contributed by atoms with Gasteiger partial charge in [0.2, 0.25) is 0 Å². The first kappa shape index (κ1) is 15.1. The van der Waals surface area contributed by atoms with E-state index in [0.29, 0.717) is 12.8 Å². The van der Waals surface area contributed by atoms with Crippen LogP contribution in [0.5, 0.6) is 0 Å². The summed E-state index contributed by atoms with van der Waals surface area (Å²) in [6.45, 7) is 5.17. The molecule has 106 valence electrons. The number of aryl methyl sites for hydroxylation is 1. The van der Waals surface area contributed by atoms with Crippen molar-refractivity contribution in [3.05, 3.63) is 24.0 Å². The summed E-state index contributed by atoms with van der Waals surface area (Å²) in [4.78, 5) is 25.6. The average molecular weight is 268 g/mol. The van der Waals surface area contributed by atoms with Crippen LogP contribution < -0.4 is 5.32 Å². The molecule has 0 aliphatic rings. The fraction of sp³-hybridized carbons (Fsp3) is 0.538. The van der Waals surface area contributed by atoms with E-state index in [1.165, 1.54) is 0 Å². The first-order valence-electron chi connectivity index (χ1n) is 6.12. The number of amides is 1. The Balaban J connectivity index is 2.49. The van der Waals surface area contributed by atoms with Crippen LogP contribution in [0.1, 0.15) is 32.9 Å². The Morgan fingerprint density at radius 1 is 1.47 bits per heavy atom. The molecule has 1 heterocycles. The lowest BCUT2D eigenvalue weighted by atomic mass is 10.1. The van der Waals surface area contributed by atoms with Crippen LogP contribution in [0, 0.1) is 0 Å². The minimum Gasteiger partial charge on any atom is -0.480 e. The van der Waals surface area contributed by atoms with Gasteiger partial charge in [0, 0.05) is 11.9 Å². The van der Waals surface area contributed by atoms with E-state index in [-0.39, 0.29) is 0 Å². The lowest BCUT2D eigenvalue weighted by molar-refractivity contribution is -0.139. The van der Waals surface area contributed by atoms with E-state index in [1.54, 1.807) is 27.0 Å². The molecule has 1 rings (SSSR count). The molecule has 6 nitrogen and oxygen atoms in total. The summed E-state index contributed by atoms with van der Waals surface area (Å²) in [7, 11) is 0. The number of hydrogen-bond donors (Lipinski definition) is 3. The number of alkyl carbamates (subject to hydrolysis) is 1. The van der Waals surface area contributed by atoms with E-state index in [1.807, 2.05) is 12.1 Å². The van der Waals surface area contributed by atoms with Gasteiger partial charge in [-0.3, -0.25) is 0 Å². The van der Waals surface area contributed by atoms with Gasteiger partial charge in [0.25, 0.3) is 0 Å². The van der Waals surface area contributed by atoms with Crippen LogP contribution in [-0.2, 0) is 16.0 Å². The Hall–Kier alpha value is -1.98. The van der Waals surface area contributed by atoms with Crippen molar-refractivity contribution in [2.24, 2.45) is 0 Å². The van der Waals surface area contributed by atoms with Gasteiger partial charge in [-0.05, 0) is 45.7 Å². The van der Waals surface area contributed by atoms with Gasteiger partial charge in [-0.1, -0.05) is 0 Å². The third-order valence-corrected chi connectivity index (χ3v) is 2.35. The number of rotatable bonds is 5. The smallest absolute Gasteiger partial charge is 0.408 e. The van der Waals surface area contributed by atoms with Crippen molar-refractivity contribution >= 4 is 12.1 Å². The molecule has 1 atom stereocenters. The SMILES string of the molecule is CC(C)(C)OC(=O)NC(CCc1ccc[nH]1)C(=O)O. The Morgan fingerprint density at radius 2 is 2.16 bits per heavy atom. The number of carbonyl (C=O) groups excluding carboxylic acids is 1. The molecule has 0 fully saturated rings. The molecule has 1 amide bonds. The van der Waals surface area contributed by atoms with Gasteiger partial charge in [-0.15, -0.1) is 0 Å². The molecular formula is C13H20N2O4. The Labute approximate surface area is 112 Å². The summed E-state index contributed by atoms with van der Waals surface area (Å²) in [5.74, 6) is -1.07. The topological polar surface area (TPSA) is 91.4 Å². The minimum absolute atomic E-state index is 0.301. The lowest BCUT2D eigenvalue weighted by Gasteiger charge is -2.21. The van der Waals surface area contributed by atoms with Gasteiger partial charge in [0.15, 0.2) is 0 Å². The summed E-state index contributed by atoms with van der Waals surface area (Å²) < 4.78 is 5.03. The van der Waals surface area contributed by atoms with Crippen LogP contribution in [0.3, 0.4) is 0 Å². The second kappa shape index (κ2) is 6.26. The summed E-state index contributed by atoms with van der Waals surface area (Å²) in [6, 6.07) is 2.75. The predicted molar refractivity (Wildman–Crippen MR) is 69.9 cm³/mol. The molecule has 1 aromatic rings. The molecule has 0 spiro atoms. The quantitative estimate of drug-likeness (QED) is 0.760. The van der Waals surface area contributed by atoms with E-state index in [0.717, 1.165) is 5.69 Å². The van der Waals surface area contributed by atoms with Crippen molar-refractivity contribution in [2.45, 2.75) is 45.3 Å². The monoisotopic (exact) mass is 268 g/mol. The number of aliphatic carboxylic acids is 1. The minimum atomic E-state index is -1.07. The number of aromatic nitrogens is 1. The first-order chi connectivity index (χ1) is 8.78. The standard InChI is InChI=1S/C13H20N2O4/c1-13(2,3)19-12(18)15-10(11(16)17)7-6-9-5-4-8-14-9/h4-5,8,10,14H,6-7H2,1-3H3,(H,15,18)(H,16,17). The number of carbonyl (C=O) groups is 2. The molecule has 19 heavy (non-hydrogen) atoms. The zero-order chi connectivity index (χ0) is 14.5. The Morgan fingerprint density at radius 3 is 2.63 bits per heavy atom. The van der Waals surface area contributed by atoms with E-state index in [2.05, 4.69) is 10.3 Å². The predicted octanol–water partition coefficient (Wildman–Crippen LogP) is 1.93. The number of carboxylic acids is 1. The number of nitrogens with one attached hydrogen (secondary N) is 2. The summed E-state index contributed by atoms with van der Waals surface area (Å²) in [5, 5.41) is 11.4. The van der Waals surface area contributed by atoms with E-state index < -0.39 is 23.7 Å². The number of aromatic amines is 1. The second-order valence-electron chi connectivity index (χ2n) is 5.27. The van der Waals surface area contributed by atoms with Gasteiger partial charge >= 0.3 is 12.1 Å². The number of hydrogen-bond acceptors (Lipinski definition) is 3. The van der Waals surface area contributed by atoms with Crippen LogP contribution in [0.2, 0.25) is 0 Å². The van der Waals surface area contributed by atoms with Crippen molar-refractivity contribution < 1.29 is 19.4 Å². The molecule has 0 aromatic carbocycles. The van der Waals surface area contributed by atoms with Gasteiger partial charge < -0.3 is 20.1 Å². The van der Waals surface area contributed by atoms with Gasteiger partial charge in [0.05, 0.1) is 0 Å². The molecule has 0 bridgehead atoms. The zero-order valence-corrected chi connectivity index (χ0v) is 11.4. The fourth-order valence-electron chi connectivity index (χ4n) is 1.53. The van der Waals surface area contributed by atoms with Gasteiger partial charge in [-0.2, -0.15) is 0 Å². The van der Waals surface area contributed by atoms with Crippen LogP contribution in [0.15, 0.2) is 18.3 Å². The fourth-order valence-corrected chi connectivity index (χ4v) is 1.53. The molecule has 3 N–H and O–H groups in total. The van der Waals surface area contributed by atoms with E-state index >= 15 is 0 Å². The normalized spacial score (nSPS) is 12.8. The van der Waals surface area contributed by atoms with Crippen molar-refractivity contribution in [1.29, 1.82) is 0 Å². The molecular weight excluding hydrogens is 248 g/mol. The maximum absolute atomic E-state index is 11.5. The third kappa shape index (κ3) is 5.94. The molecule has 0 saturated heterocycles. The van der Waals surface area contributed by atoms with Crippen LogP contribution in [-0.4, -0.2) is 33.8 Å². The average Bonchev–Trinajstić information content (AvgIpc) is 2.73. The number of ether oxygens (including phenoxy) is 1. The molecule has 1 aromatic heterocycles. The lowest BCUT2D eigenvalue weighted by Crippen LogP contribution is -2.43. The highest BCUT2D eigenvalue weighted by atomic mass is 16.6. The van der Waals surface area contributed by atoms with Crippen molar-refractivity contribution in [3.8, 4) is 0 Å². The molecule has 0 aliphatic carbocycles. The Bertz CT molecular complexity index is 420. The summed E-state index contributed by atoms with van der Waals surface area (Å²) >= 11 is 0. The molecule has 6 heteroatoms.